The molecule has 0 radical (unpaired) electrons. The van der Waals surface area contributed by atoms with Crippen molar-refractivity contribution in [1.82, 2.24) is 18.7 Å². The van der Waals surface area contributed by atoms with Gasteiger partial charge in [0.15, 0.2) is 11.2 Å². The molecule has 2 aromatic carbocycles. The van der Waals surface area contributed by atoms with Gasteiger partial charge in [0.1, 0.15) is 12.4 Å². The number of rotatable bonds is 8. The molecule has 10 heteroatoms. The normalized spacial score (nSPS) is 10.8. The molecule has 0 atom stereocenters. The molecule has 178 valence electrons. The fourth-order valence-corrected chi connectivity index (χ4v) is 3.76. The number of carbonyl (C=O) groups excluding carboxylic acids is 1. The zero-order chi connectivity index (χ0) is 24.9. The first kappa shape index (κ1) is 23.5. The summed E-state index contributed by atoms with van der Waals surface area (Å²) in [5.41, 5.74) is 1.85. The highest BCUT2D eigenvalue weighted by Crippen LogP contribution is 2.19. The Morgan fingerprint density at radius 3 is 2.71 bits per heavy atom. The Kier molecular flexibility index (Phi) is 6.78. The van der Waals surface area contributed by atoms with Crippen molar-refractivity contribution in [1.29, 1.82) is 5.26 Å². The van der Waals surface area contributed by atoms with Crippen molar-refractivity contribution in [3.63, 3.8) is 0 Å². The van der Waals surface area contributed by atoms with Gasteiger partial charge in [-0.1, -0.05) is 18.2 Å². The Hall–Kier alpha value is -4.65. The number of aromatic nitrogens is 4. The lowest BCUT2D eigenvalue weighted by atomic mass is 10.1. The number of amides is 1. The van der Waals surface area contributed by atoms with Gasteiger partial charge in [0, 0.05) is 38.8 Å². The summed E-state index contributed by atoms with van der Waals surface area (Å²) < 4.78 is 9.84. The highest BCUT2D eigenvalue weighted by atomic mass is 16.5. The van der Waals surface area contributed by atoms with Crippen molar-refractivity contribution in [3.8, 4) is 11.8 Å². The van der Waals surface area contributed by atoms with E-state index < -0.39 is 11.2 Å². The fraction of sp³-hybridized carbons (Fsp3) is 0.240. The zero-order valence-corrected chi connectivity index (χ0v) is 19.4. The fourth-order valence-electron chi connectivity index (χ4n) is 3.76. The maximum Gasteiger partial charge on any atom is 0.332 e. The van der Waals surface area contributed by atoms with Crippen molar-refractivity contribution < 1.29 is 9.53 Å². The van der Waals surface area contributed by atoms with Gasteiger partial charge in [0.05, 0.1) is 18.0 Å². The molecule has 0 aliphatic heterocycles. The third-order valence-corrected chi connectivity index (χ3v) is 5.60. The topological polar surface area (TPSA) is 124 Å². The molecule has 4 rings (SSSR count). The van der Waals surface area contributed by atoms with Crippen LogP contribution >= 0.6 is 0 Å². The monoisotopic (exact) mass is 472 g/mol. The second-order valence-corrected chi connectivity index (χ2v) is 8.10. The van der Waals surface area contributed by atoms with Crippen LogP contribution in [0.15, 0.2) is 64.4 Å². The molecule has 1 amide bonds. The molecule has 2 heterocycles. The van der Waals surface area contributed by atoms with Crippen molar-refractivity contribution in [2.45, 2.75) is 26.0 Å². The standard InChI is InChI=1S/C25H24N6O4/c1-29-23-22(24(33)30(2)25(29)34)31(16-27-23)11-5-10-21(32)28-19-8-4-9-20(13-19)35-15-18-7-3-6-17(12-18)14-26/h3-4,6-9,12-13,16H,5,10-11,15H2,1-2H3,(H,28,32). The Morgan fingerprint density at radius 2 is 1.91 bits per heavy atom. The number of benzene rings is 2. The van der Waals surface area contributed by atoms with Crippen LogP contribution in [0.3, 0.4) is 0 Å². The molecule has 1 N–H and O–H groups in total. The number of fused-ring (bicyclic) bond motifs is 1. The maximum atomic E-state index is 12.5. The number of imidazole rings is 1. The molecule has 2 aromatic heterocycles. The summed E-state index contributed by atoms with van der Waals surface area (Å²) in [7, 11) is 2.99. The third kappa shape index (κ3) is 5.14. The number of nitriles is 1. The Labute approximate surface area is 200 Å². The minimum atomic E-state index is -0.436. The van der Waals surface area contributed by atoms with Crippen molar-refractivity contribution in [2.24, 2.45) is 14.1 Å². The molecule has 0 spiro atoms. The van der Waals surface area contributed by atoms with E-state index >= 15 is 0 Å². The molecule has 10 nitrogen and oxygen atoms in total. The van der Waals surface area contributed by atoms with E-state index in [1.165, 1.54) is 17.9 Å². The molecule has 0 saturated carbocycles. The van der Waals surface area contributed by atoms with Crippen LogP contribution in [-0.4, -0.2) is 24.6 Å². The van der Waals surface area contributed by atoms with Crippen LogP contribution < -0.4 is 21.3 Å². The molecule has 0 fully saturated rings. The summed E-state index contributed by atoms with van der Waals surface area (Å²) in [4.78, 5) is 41.2. The molecular formula is C25H24N6O4. The van der Waals surface area contributed by atoms with E-state index in [1.807, 2.05) is 6.07 Å². The van der Waals surface area contributed by atoms with Gasteiger partial charge in [-0.25, -0.2) is 9.78 Å². The molecule has 35 heavy (non-hydrogen) atoms. The second kappa shape index (κ2) is 10.1. The van der Waals surface area contributed by atoms with Crippen LogP contribution in [0.2, 0.25) is 0 Å². The lowest BCUT2D eigenvalue weighted by Crippen LogP contribution is -2.37. The first-order chi connectivity index (χ1) is 16.9. The number of carbonyl (C=O) groups is 1. The summed E-state index contributed by atoms with van der Waals surface area (Å²) in [6.45, 7) is 0.707. The van der Waals surface area contributed by atoms with Gasteiger partial charge in [0.2, 0.25) is 5.91 Å². The van der Waals surface area contributed by atoms with Crippen LogP contribution in [0.1, 0.15) is 24.0 Å². The Morgan fingerprint density at radius 1 is 1.11 bits per heavy atom. The number of hydrogen-bond acceptors (Lipinski definition) is 6. The van der Waals surface area contributed by atoms with Crippen LogP contribution in [0, 0.1) is 11.3 Å². The molecule has 0 saturated heterocycles. The molecule has 0 bridgehead atoms. The van der Waals surface area contributed by atoms with E-state index in [2.05, 4.69) is 16.4 Å². The largest absolute Gasteiger partial charge is 0.489 e. The summed E-state index contributed by atoms with van der Waals surface area (Å²) >= 11 is 0. The van der Waals surface area contributed by atoms with Crippen LogP contribution in [-0.2, 0) is 32.0 Å². The smallest absolute Gasteiger partial charge is 0.332 e. The van der Waals surface area contributed by atoms with E-state index in [-0.39, 0.29) is 12.3 Å². The molecule has 0 aliphatic rings. The van der Waals surface area contributed by atoms with Gasteiger partial charge in [0.25, 0.3) is 5.56 Å². The highest BCUT2D eigenvalue weighted by molar-refractivity contribution is 5.90. The van der Waals surface area contributed by atoms with E-state index in [9.17, 15) is 14.4 Å². The summed E-state index contributed by atoms with van der Waals surface area (Å²) in [6.07, 6.45) is 2.23. The molecule has 4 aromatic rings. The lowest BCUT2D eigenvalue weighted by molar-refractivity contribution is -0.116. The van der Waals surface area contributed by atoms with Gasteiger partial charge >= 0.3 is 5.69 Å². The summed E-state index contributed by atoms with van der Waals surface area (Å²) in [5.74, 6) is 0.421. The average molecular weight is 473 g/mol. The highest BCUT2D eigenvalue weighted by Gasteiger charge is 2.14. The Bertz CT molecular complexity index is 1560. The minimum Gasteiger partial charge on any atom is -0.489 e. The average Bonchev–Trinajstić information content (AvgIpc) is 3.29. The van der Waals surface area contributed by atoms with Gasteiger partial charge in [-0.2, -0.15) is 5.26 Å². The number of nitrogens with zero attached hydrogens (tertiary/aromatic N) is 5. The van der Waals surface area contributed by atoms with Crippen LogP contribution in [0.4, 0.5) is 5.69 Å². The van der Waals surface area contributed by atoms with Gasteiger partial charge < -0.3 is 14.6 Å². The third-order valence-electron chi connectivity index (χ3n) is 5.60. The van der Waals surface area contributed by atoms with Gasteiger partial charge in [-0.15, -0.1) is 0 Å². The van der Waals surface area contributed by atoms with Crippen molar-refractivity contribution in [2.75, 3.05) is 5.32 Å². The molecular weight excluding hydrogens is 448 g/mol. The first-order valence-corrected chi connectivity index (χ1v) is 11.0. The second-order valence-electron chi connectivity index (χ2n) is 8.10. The zero-order valence-electron chi connectivity index (χ0n) is 19.4. The van der Waals surface area contributed by atoms with Gasteiger partial charge in [-0.05, 0) is 36.2 Å². The number of nitrogens with one attached hydrogen (secondary N) is 1. The maximum absolute atomic E-state index is 12.5. The molecule has 0 aliphatic carbocycles. The summed E-state index contributed by atoms with van der Waals surface area (Å²) in [5, 5.41) is 11.9. The lowest BCUT2D eigenvalue weighted by Gasteiger charge is -2.10. The van der Waals surface area contributed by atoms with E-state index in [0.29, 0.717) is 47.7 Å². The van der Waals surface area contributed by atoms with E-state index in [1.54, 1.807) is 54.1 Å². The quantitative estimate of drug-likeness (QED) is 0.420. The Balaban J connectivity index is 1.34. The number of aryl methyl sites for hydroxylation is 2. The van der Waals surface area contributed by atoms with Crippen LogP contribution in [0.25, 0.3) is 11.2 Å². The van der Waals surface area contributed by atoms with E-state index in [4.69, 9.17) is 10.00 Å². The predicted octanol–water partition coefficient (Wildman–Crippen LogP) is 2.30. The molecule has 0 unspecified atom stereocenters. The van der Waals surface area contributed by atoms with Crippen molar-refractivity contribution in [3.05, 3.63) is 86.8 Å². The van der Waals surface area contributed by atoms with Crippen LogP contribution in [0.5, 0.6) is 5.75 Å². The predicted molar refractivity (Wildman–Crippen MR) is 130 cm³/mol. The number of hydrogen-bond donors (Lipinski definition) is 1. The van der Waals surface area contributed by atoms with Crippen molar-refractivity contribution >= 4 is 22.8 Å². The first-order valence-electron chi connectivity index (χ1n) is 11.0. The number of anilines is 1. The minimum absolute atomic E-state index is 0.173. The summed E-state index contributed by atoms with van der Waals surface area (Å²) in [6, 6.07) is 16.4. The SMILES string of the molecule is Cn1c(=O)c2c(ncn2CCCC(=O)Nc2cccc(OCc3cccc(C#N)c3)c2)n(C)c1=O. The number of ether oxygens (including phenoxy) is 1. The van der Waals surface area contributed by atoms with E-state index in [0.717, 1.165) is 10.1 Å². The van der Waals surface area contributed by atoms with Gasteiger partial charge in [-0.3, -0.25) is 18.7 Å².